The Morgan fingerprint density at radius 1 is 1.20 bits per heavy atom. The van der Waals surface area contributed by atoms with Gasteiger partial charge < -0.3 is 9.64 Å². The maximum Gasteiger partial charge on any atom is 0.310 e. The van der Waals surface area contributed by atoms with Crippen molar-refractivity contribution >= 4 is 23.3 Å². The Kier molecular flexibility index (Phi) is 6.37. The van der Waals surface area contributed by atoms with Gasteiger partial charge in [-0.15, -0.1) is 0 Å². The SMILES string of the molecule is Cc1ccc(N(CCC#N)C(=O)COC(=O)Cc2c(C)nc3ncnn3c2C)cc1. The minimum atomic E-state index is -0.542. The van der Waals surface area contributed by atoms with Crippen LogP contribution in [0.1, 0.15) is 28.9 Å². The van der Waals surface area contributed by atoms with Gasteiger partial charge in [0.15, 0.2) is 6.61 Å². The zero-order valence-electron chi connectivity index (χ0n) is 17.1. The highest BCUT2D eigenvalue weighted by atomic mass is 16.5. The highest BCUT2D eigenvalue weighted by Crippen LogP contribution is 2.17. The van der Waals surface area contributed by atoms with E-state index in [0.29, 0.717) is 22.7 Å². The van der Waals surface area contributed by atoms with Crippen molar-refractivity contribution in [3.63, 3.8) is 0 Å². The maximum absolute atomic E-state index is 12.7. The van der Waals surface area contributed by atoms with Crippen LogP contribution < -0.4 is 4.90 Å². The second-order valence-corrected chi connectivity index (χ2v) is 6.86. The summed E-state index contributed by atoms with van der Waals surface area (Å²) in [6.07, 6.45) is 1.54. The largest absolute Gasteiger partial charge is 0.455 e. The number of hydrogen-bond acceptors (Lipinski definition) is 7. The molecule has 0 fully saturated rings. The molecule has 0 atom stereocenters. The van der Waals surface area contributed by atoms with Gasteiger partial charge in [0, 0.05) is 29.2 Å². The van der Waals surface area contributed by atoms with Crippen LogP contribution in [0, 0.1) is 32.1 Å². The summed E-state index contributed by atoms with van der Waals surface area (Å²) in [5.41, 5.74) is 3.80. The number of fused-ring (bicyclic) bond motifs is 1. The molecule has 0 aliphatic rings. The molecule has 0 N–H and O–H groups in total. The summed E-state index contributed by atoms with van der Waals surface area (Å²) in [5, 5.41) is 13.0. The minimum absolute atomic E-state index is 0.0313. The van der Waals surface area contributed by atoms with Gasteiger partial charge >= 0.3 is 5.97 Å². The lowest BCUT2D eigenvalue weighted by molar-refractivity contribution is -0.147. The van der Waals surface area contributed by atoms with Crippen molar-refractivity contribution in [2.75, 3.05) is 18.1 Å². The van der Waals surface area contributed by atoms with Gasteiger partial charge in [0.2, 0.25) is 0 Å². The average Bonchev–Trinajstić information content (AvgIpc) is 3.19. The van der Waals surface area contributed by atoms with Crippen LogP contribution in [-0.2, 0) is 20.7 Å². The number of carbonyl (C=O) groups is 2. The van der Waals surface area contributed by atoms with Crippen LogP contribution in [0.25, 0.3) is 5.78 Å². The van der Waals surface area contributed by atoms with Gasteiger partial charge in [-0.2, -0.15) is 15.3 Å². The minimum Gasteiger partial charge on any atom is -0.455 e. The predicted octanol–water partition coefficient (Wildman–Crippen LogP) is 2.08. The van der Waals surface area contributed by atoms with Gasteiger partial charge in [-0.3, -0.25) is 9.59 Å². The van der Waals surface area contributed by atoms with Gasteiger partial charge in [0.1, 0.15) is 6.33 Å². The number of aryl methyl sites for hydroxylation is 3. The first-order chi connectivity index (χ1) is 14.4. The van der Waals surface area contributed by atoms with Crippen molar-refractivity contribution < 1.29 is 14.3 Å². The van der Waals surface area contributed by atoms with E-state index in [2.05, 4.69) is 15.1 Å². The van der Waals surface area contributed by atoms with Crippen LogP contribution in [0.4, 0.5) is 5.69 Å². The van der Waals surface area contributed by atoms with E-state index >= 15 is 0 Å². The summed E-state index contributed by atoms with van der Waals surface area (Å²) in [6.45, 7) is 5.38. The van der Waals surface area contributed by atoms with Crippen molar-refractivity contribution in [3.8, 4) is 6.07 Å². The topological polar surface area (TPSA) is 113 Å². The standard InChI is InChI=1S/C21H22N6O3/c1-14-5-7-17(8-6-14)26(10-4-9-22)19(28)12-30-20(29)11-18-15(2)25-21-23-13-24-27(21)16(18)3/h5-8,13H,4,10-12H2,1-3H3. The summed E-state index contributed by atoms with van der Waals surface area (Å²) in [7, 11) is 0. The molecule has 9 nitrogen and oxygen atoms in total. The number of aromatic nitrogens is 4. The number of ether oxygens (including phenoxy) is 1. The summed E-state index contributed by atoms with van der Waals surface area (Å²) >= 11 is 0. The molecule has 30 heavy (non-hydrogen) atoms. The van der Waals surface area contributed by atoms with E-state index in [1.54, 1.807) is 23.6 Å². The maximum atomic E-state index is 12.7. The van der Waals surface area contributed by atoms with E-state index in [1.807, 2.05) is 32.0 Å². The molecule has 0 unspecified atom stereocenters. The van der Waals surface area contributed by atoms with E-state index in [9.17, 15) is 9.59 Å². The quantitative estimate of drug-likeness (QED) is 0.552. The Balaban J connectivity index is 1.67. The monoisotopic (exact) mass is 406 g/mol. The number of nitrogens with zero attached hydrogens (tertiary/aromatic N) is 6. The lowest BCUT2D eigenvalue weighted by atomic mass is 10.1. The third kappa shape index (κ3) is 4.60. The fraction of sp³-hybridized carbons (Fsp3) is 0.333. The van der Waals surface area contributed by atoms with E-state index < -0.39 is 12.6 Å². The lowest BCUT2D eigenvalue weighted by Crippen LogP contribution is -2.35. The molecule has 0 aliphatic carbocycles. The summed E-state index contributed by atoms with van der Waals surface area (Å²) in [4.78, 5) is 34.9. The number of rotatable bonds is 7. The van der Waals surface area contributed by atoms with Crippen molar-refractivity contribution in [3.05, 3.63) is 53.1 Å². The molecule has 0 radical (unpaired) electrons. The molecule has 0 bridgehead atoms. The molecule has 2 heterocycles. The number of nitriles is 1. The molecule has 3 aromatic rings. The third-order valence-electron chi connectivity index (χ3n) is 4.76. The van der Waals surface area contributed by atoms with Gasteiger partial charge in [0.05, 0.1) is 18.9 Å². The molecule has 154 valence electrons. The third-order valence-corrected chi connectivity index (χ3v) is 4.76. The fourth-order valence-corrected chi connectivity index (χ4v) is 3.11. The summed E-state index contributed by atoms with van der Waals surface area (Å²) < 4.78 is 6.79. The average molecular weight is 406 g/mol. The molecule has 2 aromatic heterocycles. The molecular formula is C21H22N6O3. The Hall–Kier alpha value is -3.80. The number of hydrogen-bond donors (Lipinski definition) is 0. The molecule has 3 rings (SSSR count). The lowest BCUT2D eigenvalue weighted by Gasteiger charge is -2.22. The highest BCUT2D eigenvalue weighted by molar-refractivity contribution is 5.95. The van der Waals surface area contributed by atoms with E-state index in [1.165, 1.54) is 11.2 Å². The second kappa shape index (κ2) is 9.13. The zero-order chi connectivity index (χ0) is 21.7. The normalized spacial score (nSPS) is 10.6. The molecular weight excluding hydrogens is 384 g/mol. The van der Waals surface area contributed by atoms with Crippen LogP contribution in [0.15, 0.2) is 30.6 Å². The predicted molar refractivity (Wildman–Crippen MR) is 109 cm³/mol. The molecule has 9 heteroatoms. The zero-order valence-corrected chi connectivity index (χ0v) is 17.1. The fourth-order valence-electron chi connectivity index (χ4n) is 3.11. The molecule has 0 aliphatic heterocycles. The first-order valence-electron chi connectivity index (χ1n) is 9.46. The van der Waals surface area contributed by atoms with E-state index in [-0.39, 0.29) is 25.3 Å². The summed E-state index contributed by atoms with van der Waals surface area (Å²) in [6, 6.07) is 9.41. The van der Waals surface area contributed by atoms with Crippen LogP contribution in [-0.4, -0.2) is 44.6 Å². The van der Waals surface area contributed by atoms with Gasteiger partial charge in [0.25, 0.3) is 11.7 Å². The van der Waals surface area contributed by atoms with E-state index in [4.69, 9.17) is 10.00 Å². The Bertz CT molecular complexity index is 1110. The van der Waals surface area contributed by atoms with Crippen LogP contribution in [0.5, 0.6) is 0 Å². The van der Waals surface area contributed by atoms with E-state index in [0.717, 1.165) is 11.3 Å². The number of anilines is 1. The van der Waals surface area contributed by atoms with Crippen molar-refractivity contribution in [2.24, 2.45) is 0 Å². The van der Waals surface area contributed by atoms with Gasteiger partial charge in [-0.25, -0.2) is 9.50 Å². The smallest absolute Gasteiger partial charge is 0.310 e. The molecule has 0 saturated carbocycles. The number of esters is 1. The highest BCUT2D eigenvalue weighted by Gasteiger charge is 2.19. The van der Waals surface area contributed by atoms with Gasteiger partial charge in [-0.1, -0.05) is 17.7 Å². The molecule has 1 amide bonds. The Morgan fingerprint density at radius 3 is 2.63 bits per heavy atom. The molecule has 0 spiro atoms. The number of carbonyl (C=O) groups excluding carboxylic acids is 2. The van der Waals surface area contributed by atoms with Crippen LogP contribution in [0.2, 0.25) is 0 Å². The second-order valence-electron chi connectivity index (χ2n) is 6.86. The van der Waals surface area contributed by atoms with Gasteiger partial charge in [-0.05, 0) is 32.9 Å². The molecule has 0 saturated heterocycles. The number of benzene rings is 1. The Morgan fingerprint density at radius 2 is 1.93 bits per heavy atom. The Labute approximate surface area is 173 Å². The number of amides is 1. The first kappa shape index (κ1) is 20.9. The molecule has 1 aromatic carbocycles. The van der Waals surface area contributed by atoms with Crippen molar-refractivity contribution in [2.45, 2.75) is 33.6 Å². The van der Waals surface area contributed by atoms with Crippen LogP contribution in [0.3, 0.4) is 0 Å². The van der Waals surface area contributed by atoms with Crippen molar-refractivity contribution in [1.82, 2.24) is 19.6 Å². The van der Waals surface area contributed by atoms with Crippen molar-refractivity contribution in [1.29, 1.82) is 5.26 Å². The van der Waals surface area contributed by atoms with Crippen LogP contribution >= 0.6 is 0 Å². The summed E-state index contributed by atoms with van der Waals surface area (Å²) in [5.74, 6) is -0.468. The first-order valence-corrected chi connectivity index (χ1v) is 9.46.